The van der Waals surface area contributed by atoms with Gasteiger partial charge in [0.05, 0.1) is 31.5 Å². The third kappa shape index (κ3) is 4.23. The molecule has 0 aromatic carbocycles. The lowest BCUT2D eigenvalue weighted by Crippen LogP contribution is -2.51. The van der Waals surface area contributed by atoms with E-state index in [2.05, 4.69) is 25.4 Å². The molecule has 0 spiro atoms. The normalized spacial score (nSPS) is 19.9. The van der Waals surface area contributed by atoms with Crippen LogP contribution >= 0.6 is 0 Å². The number of ether oxygens (including phenoxy) is 1. The molecule has 0 aliphatic carbocycles. The van der Waals surface area contributed by atoms with Gasteiger partial charge in [0, 0.05) is 25.2 Å². The summed E-state index contributed by atoms with van der Waals surface area (Å²) in [5.74, 6) is 0.683. The molecule has 0 radical (unpaired) electrons. The monoisotopic (exact) mass is 347 g/mol. The van der Waals surface area contributed by atoms with Crippen molar-refractivity contribution in [1.29, 1.82) is 0 Å². The van der Waals surface area contributed by atoms with E-state index < -0.39 is 0 Å². The maximum absolute atomic E-state index is 12.6. The molecule has 1 fully saturated rings. The minimum absolute atomic E-state index is 0.00751. The summed E-state index contributed by atoms with van der Waals surface area (Å²) in [5.41, 5.74) is 0. The van der Waals surface area contributed by atoms with Gasteiger partial charge in [0.15, 0.2) is 0 Å². The summed E-state index contributed by atoms with van der Waals surface area (Å²) in [6.07, 6.45) is 4.87. The second-order valence-electron chi connectivity index (χ2n) is 6.53. The molecule has 1 aliphatic heterocycles. The average Bonchev–Trinajstić information content (AvgIpc) is 3.26. The highest BCUT2D eigenvalue weighted by molar-refractivity contribution is 5.93. The molecule has 1 aliphatic rings. The van der Waals surface area contributed by atoms with Crippen LogP contribution in [0.3, 0.4) is 0 Å². The number of carbonyl (C=O) groups is 1. The number of nitrogens with one attached hydrogen (secondary N) is 1. The molecular weight excluding hydrogens is 322 g/mol. The van der Waals surface area contributed by atoms with Crippen LogP contribution in [0.5, 0.6) is 0 Å². The molecule has 0 bridgehead atoms. The quantitative estimate of drug-likeness (QED) is 0.831. The zero-order valence-corrected chi connectivity index (χ0v) is 14.9. The second kappa shape index (κ2) is 7.75. The van der Waals surface area contributed by atoms with Crippen molar-refractivity contribution in [2.45, 2.75) is 45.5 Å². The molecule has 3 heterocycles. The van der Waals surface area contributed by atoms with E-state index in [0.717, 1.165) is 12.4 Å². The summed E-state index contributed by atoms with van der Waals surface area (Å²) in [5, 5.41) is 11.3. The molecule has 2 aromatic rings. The summed E-state index contributed by atoms with van der Waals surface area (Å²) in [4.78, 5) is 18.7. The fourth-order valence-corrected chi connectivity index (χ4v) is 2.96. The first kappa shape index (κ1) is 17.6. The molecular formula is C16H25N7O2. The van der Waals surface area contributed by atoms with Gasteiger partial charge in [0.1, 0.15) is 18.5 Å². The van der Waals surface area contributed by atoms with E-state index in [4.69, 9.17) is 4.74 Å². The molecule has 9 heteroatoms. The highest BCUT2D eigenvalue weighted by Gasteiger charge is 2.28. The van der Waals surface area contributed by atoms with Crippen LogP contribution in [0.25, 0.3) is 0 Å². The van der Waals surface area contributed by atoms with Gasteiger partial charge in [-0.25, -0.2) is 9.67 Å². The van der Waals surface area contributed by atoms with Crippen LogP contribution in [0, 0.1) is 0 Å². The molecule has 2 atom stereocenters. The number of amides is 1. The Hall–Kier alpha value is -2.26. The average molecular weight is 347 g/mol. The number of rotatable bonds is 6. The number of anilines is 1. The summed E-state index contributed by atoms with van der Waals surface area (Å²) in [6.45, 7) is 8.62. The molecule has 9 nitrogen and oxygen atoms in total. The van der Waals surface area contributed by atoms with Gasteiger partial charge < -0.3 is 10.1 Å². The standard InChI is InChI=1S/C16H25N7O2/c1-12(2)23-15(4-5-18-23)20-16(24)13(3)21-6-7-25-14(8-21)9-22-11-17-10-19-22/h4-5,10-14H,6-9H2,1-3H3,(H,20,24)/t13-,14-/m1/s1. The van der Waals surface area contributed by atoms with E-state index in [0.29, 0.717) is 19.7 Å². The summed E-state index contributed by atoms with van der Waals surface area (Å²) < 4.78 is 9.34. The highest BCUT2D eigenvalue weighted by atomic mass is 16.5. The molecule has 136 valence electrons. The Bertz CT molecular complexity index is 682. The molecule has 25 heavy (non-hydrogen) atoms. The predicted octanol–water partition coefficient (Wildman–Crippen LogP) is 0.783. The van der Waals surface area contributed by atoms with Crippen LogP contribution in [-0.2, 0) is 16.1 Å². The van der Waals surface area contributed by atoms with Gasteiger partial charge in [-0.1, -0.05) is 0 Å². The fourth-order valence-electron chi connectivity index (χ4n) is 2.96. The highest BCUT2D eigenvalue weighted by Crippen LogP contribution is 2.16. The van der Waals surface area contributed by atoms with Crippen molar-refractivity contribution in [3.8, 4) is 0 Å². The van der Waals surface area contributed by atoms with Crippen molar-refractivity contribution in [3.63, 3.8) is 0 Å². The summed E-state index contributed by atoms with van der Waals surface area (Å²) in [6, 6.07) is 1.76. The molecule has 3 rings (SSSR count). The molecule has 1 saturated heterocycles. The van der Waals surface area contributed by atoms with Crippen LogP contribution in [0.4, 0.5) is 5.82 Å². The third-order valence-electron chi connectivity index (χ3n) is 4.37. The number of hydrogen-bond acceptors (Lipinski definition) is 6. The largest absolute Gasteiger partial charge is 0.374 e. The van der Waals surface area contributed by atoms with Gasteiger partial charge in [-0.15, -0.1) is 0 Å². The van der Waals surface area contributed by atoms with Crippen molar-refractivity contribution in [3.05, 3.63) is 24.9 Å². The van der Waals surface area contributed by atoms with Crippen LogP contribution in [-0.4, -0.2) is 67.2 Å². The zero-order valence-electron chi connectivity index (χ0n) is 14.9. The van der Waals surface area contributed by atoms with Gasteiger partial charge in [-0.05, 0) is 20.8 Å². The zero-order chi connectivity index (χ0) is 17.8. The lowest BCUT2D eigenvalue weighted by Gasteiger charge is -2.36. The van der Waals surface area contributed by atoms with Crippen LogP contribution < -0.4 is 5.32 Å². The van der Waals surface area contributed by atoms with Crippen molar-refractivity contribution < 1.29 is 9.53 Å². The summed E-state index contributed by atoms with van der Waals surface area (Å²) in [7, 11) is 0. The fraction of sp³-hybridized carbons (Fsp3) is 0.625. The molecule has 0 unspecified atom stereocenters. The molecule has 0 saturated carbocycles. The van der Waals surface area contributed by atoms with E-state index in [9.17, 15) is 4.79 Å². The Morgan fingerprint density at radius 3 is 2.96 bits per heavy atom. The van der Waals surface area contributed by atoms with Crippen molar-refractivity contribution in [1.82, 2.24) is 29.4 Å². The van der Waals surface area contributed by atoms with Gasteiger partial charge >= 0.3 is 0 Å². The third-order valence-corrected chi connectivity index (χ3v) is 4.37. The van der Waals surface area contributed by atoms with Crippen LogP contribution in [0.1, 0.15) is 26.8 Å². The van der Waals surface area contributed by atoms with Crippen LogP contribution in [0.2, 0.25) is 0 Å². The smallest absolute Gasteiger partial charge is 0.242 e. The first-order valence-corrected chi connectivity index (χ1v) is 8.57. The number of nitrogens with zero attached hydrogens (tertiary/aromatic N) is 6. The maximum atomic E-state index is 12.6. The second-order valence-corrected chi connectivity index (χ2v) is 6.53. The molecule has 2 aromatic heterocycles. The van der Waals surface area contributed by atoms with E-state index in [1.807, 2.05) is 26.8 Å². The van der Waals surface area contributed by atoms with Crippen LogP contribution in [0.15, 0.2) is 24.9 Å². The Labute approximate surface area is 147 Å². The number of morpholine rings is 1. The van der Waals surface area contributed by atoms with E-state index >= 15 is 0 Å². The SMILES string of the molecule is CC(C)n1nccc1NC(=O)[C@@H](C)N1CCO[C@@H](Cn2cncn2)C1. The Balaban J connectivity index is 1.58. The van der Waals surface area contributed by atoms with E-state index in [-0.39, 0.29) is 24.1 Å². The van der Waals surface area contributed by atoms with Crippen molar-refractivity contribution in [2.24, 2.45) is 0 Å². The lowest BCUT2D eigenvalue weighted by atomic mass is 10.2. The van der Waals surface area contributed by atoms with Crippen molar-refractivity contribution >= 4 is 11.7 Å². The van der Waals surface area contributed by atoms with E-state index in [1.165, 1.54) is 6.33 Å². The van der Waals surface area contributed by atoms with Gasteiger partial charge in [-0.3, -0.25) is 14.4 Å². The summed E-state index contributed by atoms with van der Waals surface area (Å²) >= 11 is 0. The Morgan fingerprint density at radius 1 is 1.40 bits per heavy atom. The lowest BCUT2D eigenvalue weighted by molar-refractivity contribution is -0.124. The van der Waals surface area contributed by atoms with Gasteiger partial charge in [-0.2, -0.15) is 10.2 Å². The molecule has 1 N–H and O–H groups in total. The minimum atomic E-state index is -0.252. The van der Waals surface area contributed by atoms with Gasteiger partial charge in [0.25, 0.3) is 0 Å². The minimum Gasteiger partial charge on any atom is -0.374 e. The number of hydrogen-bond donors (Lipinski definition) is 1. The van der Waals surface area contributed by atoms with Crippen molar-refractivity contribution in [2.75, 3.05) is 25.0 Å². The predicted molar refractivity (Wildman–Crippen MR) is 92.0 cm³/mol. The number of aromatic nitrogens is 5. The Morgan fingerprint density at radius 2 is 2.24 bits per heavy atom. The van der Waals surface area contributed by atoms with E-state index in [1.54, 1.807) is 21.9 Å². The Kier molecular flexibility index (Phi) is 5.44. The topological polar surface area (TPSA) is 90.1 Å². The molecule has 1 amide bonds. The first-order valence-electron chi connectivity index (χ1n) is 8.57. The van der Waals surface area contributed by atoms with Gasteiger partial charge in [0.2, 0.25) is 5.91 Å². The maximum Gasteiger partial charge on any atom is 0.242 e. The first-order chi connectivity index (χ1) is 12.0. The number of carbonyl (C=O) groups excluding carboxylic acids is 1.